The van der Waals surface area contributed by atoms with E-state index in [0.29, 0.717) is 5.69 Å². The number of nitrogens with one attached hydrogen (secondary N) is 2. The normalized spacial score (nSPS) is 10.1. The number of hydrogen-bond donors (Lipinski definition) is 2. The number of aryl methyl sites for hydroxylation is 1. The first-order chi connectivity index (χ1) is 9.79. The summed E-state index contributed by atoms with van der Waals surface area (Å²) in [5, 5.41) is 5.16. The predicted molar refractivity (Wildman–Crippen MR) is 80.7 cm³/mol. The molecule has 0 saturated heterocycles. The molecule has 1 aromatic rings. The van der Waals surface area contributed by atoms with Gasteiger partial charge in [0.25, 0.3) is 0 Å². The number of carbonyl (C=O) groups is 3. The molecule has 0 aliphatic heterocycles. The third-order valence-electron chi connectivity index (χ3n) is 2.68. The number of carbonyl (C=O) groups excluding carboxylic acids is 3. The van der Waals surface area contributed by atoms with Gasteiger partial charge >= 0.3 is 11.8 Å². The van der Waals surface area contributed by atoms with E-state index in [9.17, 15) is 14.4 Å². The molecule has 1 rings (SSSR count). The van der Waals surface area contributed by atoms with Crippen molar-refractivity contribution in [3.05, 3.63) is 29.8 Å². The molecule has 6 nitrogen and oxygen atoms in total. The van der Waals surface area contributed by atoms with Gasteiger partial charge in [-0.25, -0.2) is 0 Å². The molecule has 0 saturated carbocycles. The van der Waals surface area contributed by atoms with Gasteiger partial charge in [-0.15, -0.1) is 0 Å². The Labute approximate surface area is 124 Å². The van der Waals surface area contributed by atoms with Crippen LogP contribution in [-0.2, 0) is 14.4 Å². The highest BCUT2D eigenvalue weighted by Gasteiger charge is 2.20. The van der Waals surface area contributed by atoms with Crippen LogP contribution in [0.2, 0.25) is 0 Å². The fourth-order valence-electron chi connectivity index (χ4n) is 1.65. The number of amides is 3. The van der Waals surface area contributed by atoms with E-state index in [1.807, 2.05) is 32.9 Å². The summed E-state index contributed by atoms with van der Waals surface area (Å²) in [5.74, 6) is -1.82. The van der Waals surface area contributed by atoms with Crippen molar-refractivity contribution in [2.24, 2.45) is 0 Å². The summed E-state index contributed by atoms with van der Waals surface area (Å²) < 4.78 is 0. The van der Waals surface area contributed by atoms with Gasteiger partial charge in [0.1, 0.15) is 0 Å². The maximum absolute atomic E-state index is 11.9. The van der Waals surface area contributed by atoms with E-state index in [4.69, 9.17) is 0 Å². The van der Waals surface area contributed by atoms with Crippen molar-refractivity contribution in [3.63, 3.8) is 0 Å². The highest BCUT2D eigenvalue weighted by molar-refractivity contribution is 6.39. The second-order valence-electron chi connectivity index (χ2n) is 5.20. The summed E-state index contributed by atoms with van der Waals surface area (Å²) in [6.07, 6.45) is 0. The van der Waals surface area contributed by atoms with E-state index in [0.717, 1.165) is 10.5 Å². The molecule has 0 aliphatic carbocycles. The van der Waals surface area contributed by atoms with Gasteiger partial charge in [0.2, 0.25) is 5.91 Å². The second kappa shape index (κ2) is 7.42. The zero-order valence-electron chi connectivity index (χ0n) is 12.8. The van der Waals surface area contributed by atoms with Crippen molar-refractivity contribution in [2.45, 2.75) is 26.8 Å². The van der Waals surface area contributed by atoms with Gasteiger partial charge in [-0.1, -0.05) is 17.7 Å². The zero-order chi connectivity index (χ0) is 16.0. The Hall–Kier alpha value is -2.37. The molecule has 0 atom stereocenters. The number of hydrogen-bond acceptors (Lipinski definition) is 3. The van der Waals surface area contributed by atoms with Crippen LogP contribution in [0.3, 0.4) is 0 Å². The van der Waals surface area contributed by atoms with Gasteiger partial charge in [0, 0.05) is 18.8 Å². The summed E-state index contributed by atoms with van der Waals surface area (Å²) in [7, 11) is 1.41. The molecule has 0 aliphatic rings. The molecule has 0 unspecified atom stereocenters. The minimum atomic E-state index is -0.765. The van der Waals surface area contributed by atoms with Crippen LogP contribution in [0.25, 0.3) is 0 Å². The van der Waals surface area contributed by atoms with Crippen LogP contribution >= 0.6 is 0 Å². The van der Waals surface area contributed by atoms with Crippen molar-refractivity contribution >= 4 is 23.4 Å². The van der Waals surface area contributed by atoms with Gasteiger partial charge in [-0.2, -0.15) is 0 Å². The maximum Gasteiger partial charge on any atom is 0.313 e. The summed E-state index contributed by atoms with van der Waals surface area (Å²) in [6.45, 7) is 5.42. The summed E-state index contributed by atoms with van der Waals surface area (Å²) >= 11 is 0. The maximum atomic E-state index is 11.9. The lowest BCUT2D eigenvalue weighted by Crippen LogP contribution is -2.44. The topological polar surface area (TPSA) is 78.5 Å². The Morgan fingerprint density at radius 1 is 1.14 bits per heavy atom. The molecule has 1 aromatic carbocycles. The molecule has 0 aromatic heterocycles. The lowest BCUT2D eigenvalue weighted by Gasteiger charge is -2.17. The number of rotatable bonds is 4. The highest BCUT2D eigenvalue weighted by atomic mass is 16.2. The molecule has 3 amide bonds. The van der Waals surface area contributed by atoms with E-state index in [2.05, 4.69) is 10.6 Å². The van der Waals surface area contributed by atoms with Gasteiger partial charge in [-0.05, 0) is 32.9 Å². The van der Waals surface area contributed by atoms with Crippen LogP contribution in [-0.4, -0.2) is 42.3 Å². The lowest BCUT2D eigenvalue weighted by atomic mass is 10.2. The molecule has 114 valence electrons. The molecule has 0 spiro atoms. The van der Waals surface area contributed by atoms with Crippen LogP contribution in [0.15, 0.2) is 24.3 Å². The van der Waals surface area contributed by atoms with Crippen LogP contribution < -0.4 is 10.6 Å². The van der Waals surface area contributed by atoms with Crippen molar-refractivity contribution in [1.82, 2.24) is 10.2 Å². The van der Waals surface area contributed by atoms with Gasteiger partial charge in [-0.3, -0.25) is 14.4 Å². The molecular formula is C15H21N3O3. The molecule has 2 N–H and O–H groups in total. The summed E-state index contributed by atoms with van der Waals surface area (Å²) in [6, 6.07) is 7.08. The Kier molecular flexibility index (Phi) is 5.90. The number of anilines is 1. The average Bonchev–Trinajstić information content (AvgIpc) is 2.39. The van der Waals surface area contributed by atoms with Gasteiger partial charge < -0.3 is 15.5 Å². The number of nitrogens with zero attached hydrogens (tertiary/aromatic N) is 1. The van der Waals surface area contributed by atoms with Crippen LogP contribution in [0, 0.1) is 6.92 Å². The van der Waals surface area contributed by atoms with Gasteiger partial charge in [0.15, 0.2) is 0 Å². The Balaban J connectivity index is 2.55. The van der Waals surface area contributed by atoms with Crippen molar-refractivity contribution in [1.29, 1.82) is 0 Å². The summed E-state index contributed by atoms with van der Waals surface area (Å²) in [5.41, 5.74) is 1.60. The third kappa shape index (κ3) is 5.64. The first kappa shape index (κ1) is 16.7. The standard InChI is InChI=1S/C15H21N3O3/c1-10(2)16-13(19)9-18(4)15(21)14(20)17-12-7-5-11(3)6-8-12/h5-8,10H,9H2,1-4H3,(H,16,19)(H,17,20). The largest absolute Gasteiger partial charge is 0.352 e. The quantitative estimate of drug-likeness (QED) is 0.810. The van der Waals surface area contributed by atoms with E-state index in [1.54, 1.807) is 12.1 Å². The van der Waals surface area contributed by atoms with E-state index >= 15 is 0 Å². The Morgan fingerprint density at radius 2 is 1.71 bits per heavy atom. The zero-order valence-corrected chi connectivity index (χ0v) is 12.8. The SMILES string of the molecule is Cc1ccc(NC(=O)C(=O)N(C)CC(=O)NC(C)C)cc1. The smallest absolute Gasteiger partial charge is 0.313 e. The summed E-state index contributed by atoms with van der Waals surface area (Å²) in [4.78, 5) is 36.3. The van der Waals surface area contributed by atoms with Crippen LogP contribution in [0.4, 0.5) is 5.69 Å². The molecule has 0 fully saturated rings. The Morgan fingerprint density at radius 3 is 2.24 bits per heavy atom. The number of likely N-dealkylation sites (N-methyl/N-ethyl adjacent to an activating group) is 1. The molecule has 0 heterocycles. The highest BCUT2D eigenvalue weighted by Crippen LogP contribution is 2.08. The molecule has 6 heteroatoms. The van der Waals surface area contributed by atoms with Crippen LogP contribution in [0.1, 0.15) is 19.4 Å². The molecule has 0 radical (unpaired) electrons. The van der Waals surface area contributed by atoms with Gasteiger partial charge in [0.05, 0.1) is 6.54 Å². The minimum absolute atomic E-state index is 0.0117. The number of benzene rings is 1. The fourth-order valence-corrected chi connectivity index (χ4v) is 1.65. The molecule has 0 bridgehead atoms. The third-order valence-corrected chi connectivity index (χ3v) is 2.68. The van der Waals surface area contributed by atoms with E-state index < -0.39 is 11.8 Å². The fraction of sp³-hybridized carbons (Fsp3) is 0.400. The van der Waals surface area contributed by atoms with Crippen molar-refractivity contribution < 1.29 is 14.4 Å². The van der Waals surface area contributed by atoms with Crippen molar-refractivity contribution in [3.8, 4) is 0 Å². The van der Waals surface area contributed by atoms with E-state index in [-0.39, 0.29) is 18.5 Å². The Bertz CT molecular complexity index is 523. The minimum Gasteiger partial charge on any atom is -0.352 e. The van der Waals surface area contributed by atoms with Crippen molar-refractivity contribution in [2.75, 3.05) is 18.9 Å². The first-order valence-corrected chi connectivity index (χ1v) is 6.72. The lowest BCUT2D eigenvalue weighted by molar-refractivity contribution is -0.143. The molecule has 21 heavy (non-hydrogen) atoms. The van der Waals surface area contributed by atoms with Crippen LogP contribution in [0.5, 0.6) is 0 Å². The monoisotopic (exact) mass is 291 g/mol. The average molecular weight is 291 g/mol. The molecular weight excluding hydrogens is 270 g/mol. The van der Waals surface area contributed by atoms with E-state index in [1.165, 1.54) is 7.05 Å². The predicted octanol–water partition coefficient (Wildman–Crippen LogP) is 0.917. The first-order valence-electron chi connectivity index (χ1n) is 6.72. The second-order valence-corrected chi connectivity index (χ2v) is 5.20.